The van der Waals surface area contributed by atoms with E-state index in [1.54, 1.807) is 17.4 Å². The largest absolute Gasteiger partial charge is 0.375 e. The lowest BCUT2D eigenvalue weighted by molar-refractivity contribution is 0.863. The van der Waals surface area contributed by atoms with E-state index in [1.807, 2.05) is 31.4 Å². The number of nitrogens with zero attached hydrogens (tertiary/aromatic N) is 2. The molecule has 2 aromatic rings. The van der Waals surface area contributed by atoms with Gasteiger partial charge in [0.2, 0.25) is 0 Å². The number of benzene rings is 1. The molecule has 92 valence electrons. The number of nitrogens with one attached hydrogen (secondary N) is 1. The zero-order valence-corrected chi connectivity index (χ0v) is 12.5. The molecule has 1 aromatic heterocycles. The molecule has 1 atom stereocenters. The van der Waals surface area contributed by atoms with Crippen LogP contribution in [0, 0.1) is 18.3 Å². The van der Waals surface area contributed by atoms with Crippen molar-refractivity contribution in [1.82, 2.24) is 4.98 Å². The molecule has 0 bridgehead atoms. The minimum absolute atomic E-state index is 0.0881. The van der Waals surface area contributed by atoms with Crippen molar-refractivity contribution in [2.75, 3.05) is 5.32 Å². The van der Waals surface area contributed by atoms with Gasteiger partial charge in [-0.3, -0.25) is 0 Å². The van der Waals surface area contributed by atoms with E-state index in [0.29, 0.717) is 5.56 Å². The van der Waals surface area contributed by atoms with Crippen molar-refractivity contribution in [3.8, 4) is 6.07 Å². The molecule has 0 aliphatic carbocycles. The normalized spacial score (nSPS) is 11.9. The van der Waals surface area contributed by atoms with Crippen LogP contribution in [0.25, 0.3) is 0 Å². The van der Waals surface area contributed by atoms with Gasteiger partial charge in [-0.1, -0.05) is 15.9 Å². The first-order chi connectivity index (χ1) is 8.60. The van der Waals surface area contributed by atoms with E-state index in [1.165, 1.54) is 0 Å². The quantitative estimate of drug-likeness (QED) is 0.918. The molecule has 1 N–H and O–H groups in total. The van der Waals surface area contributed by atoms with Gasteiger partial charge >= 0.3 is 0 Å². The third kappa shape index (κ3) is 2.89. The number of anilines is 1. The van der Waals surface area contributed by atoms with E-state index in [9.17, 15) is 0 Å². The molecular formula is C13H12BrN3S. The lowest BCUT2D eigenvalue weighted by atomic mass is 10.2. The maximum atomic E-state index is 9.08. The number of nitriles is 1. The Balaban J connectivity index is 2.24. The van der Waals surface area contributed by atoms with Crippen LogP contribution in [-0.2, 0) is 0 Å². The molecule has 0 amide bonds. The Hall–Kier alpha value is -1.38. The molecule has 3 nitrogen and oxygen atoms in total. The molecule has 0 saturated heterocycles. The number of halogens is 1. The summed E-state index contributed by atoms with van der Waals surface area (Å²) in [6.45, 7) is 4.02. The molecule has 0 fully saturated rings. The van der Waals surface area contributed by atoms with Gasteiger partial charge in [0.25, 0.3) is 0 Å². The third-order valence-electron chi connectivity index (χ3n) is 2.48. The Labute approximate surface area is 119 Å². The van der Waals surface area contributed by atoms with Gasteiger partial charge in [0, 0.05) is 15.5 Å². The molecule has 1 aromatic carbocycles. The molecule has 0 aliphatic heterocycles. The summed E-state index contributed by atoms with van der Waals surface area (Å²) in [5.41, 5.74) is 2.49. The summed E-state index contributed by atoms with van der Waals surface area (Å²) in [6.07, 6.45) is 0. The minimum atomic E-state index is 0.0881. The van der Waals surface area contributed by atoms with Crippen molar-refractivity contribution >= 4 is 33.0 Å². The molecule has 5 heteroatoms. The van der Waals surface area contributed by atoms with Gasteiger partial charge in [0.15, 0.2) is 0 Å². The van der Waals surface area contributed by atoms with Crippen molar-refractivity contribution in [2.24, 2.45) is 0 Å². The van der Waals surface area contributed by atoms with Crippen LogP contribution in [0.1, 0.15) is 29.2 Å². The van der Waals surface area contributed by atoms with E-state index in [4.69, 9.17) is 5.26 Å². The molecule has 18 heavy (non-hydrogen) atoms. The van der Waals surface area contributed by atoms with Crippen LogP contribution in [-0.4, -0.2) is 4.98 Å². The van der Waals surface area contributed by atoms with Gasteiger partial charge in [-0.25, -0.2) is 4.98 Å². The van der Waals surface area contributed by atoms with Crippen LogP contribution in [0.15, 0.2) is 28.1 Å². The second kappa shape index (κ2) is 5.51. The highest BCUT2D eigenvalue weighted by molar-refractivity contribution is 9.10. The molecule has 1 heterocycles. The molecule has 0 saturated carbocycles. The predicted molar refractivity (Wildman–Crippen MR) is 77.7 cm³/mol. The first-order valence-electron chi connectivity index (χ1n) is 5.48. The number of hydrogen-bond donors (Lipinski definition) is 1. The van der Waals surface area contributed by atoms with Crippen LogP contribution < -0.4 is 5.32 Å². The first kappa shape index (κ1) is 13.1. The lowest BCUT2D eigenvalue weighted by Gasteiger charge is -2.14. The van der Waals surface area contributed by atoms with E-state index < -0.39 is 0 Å². The number of aryl methyl sites for hydroxylation is 1. The standard InChI is InChI=1S/C13H12BrN3S/c1-8-7-18-13(16-8)9(2)17-12-5-11(14)4-3-10(12)6-15/h3-5,7,9,17H,1-2H3. The lowest BCUT2D eigenvalue weighted by Crippen LogP contribution is -2.07. The fourth-order valence-electron chi connectivity index (χ4n) is 1.60. The fraction of sp³-hybridized carbons (Fsp3) is 0.231. The Morgan fingerprint density at radius 2 is 2.28 bits per heavy atom. The summed E-state index contributed by atoms with van der Waals surface area (Å²) >= 11 is 5.04. The maximum Gasteiger partial charge on any atom is 0.115 e. The monoisotopic (exact) mass is 321 g/mol. The van der Waals surface area contributed by atoms with Crippen molar-refractivity contribution in [3.63, 3.8) is 0 Å². The molecule has 0 spiro atoms. The molecule has 1 unspecified atom stereocenters. The summed E-state index contributed by atoms with van der Waals surface area (Å²) in [5.74, 6) is 0. The topological polar surface area (TPSA) is 48.7 Å². The number of aromatic nitrogens is 1. The number of hydrogen-bond acceptors (Lipinski definition) is 4. The van der Waals surface area contributed by atoms with E-state index >= 15 is 0 Å². The van der Waals surface area contributed by atoms with Crippen molar-refractivity contribution in [1.29, 1.82) is 5.26 Å². The van der Waals surface area contributed by atoms with Gasteiger partial charge in [-0.15, -0.1) is 11.3 Å². The predicted octanol–water partition coefficient (Wildman–Crippen LogP) is 4.26. The Morgan fingerprint density at radius 1 is 1.50 bits per heavy atom. The van der Waals surface area contributed by atoms with Gasteiger partial charge in [0.05, 0.1) is 17.3 Å². The van der Waals surface area contributed by atoms with Gasteiger partial charge < -0.3 is 5.32 Å². The summed E-state index contributed by atoms with van der Waals surface area (Å²) in [7, 11) is 0. The second-order valence-electron chi connectivity index (χ2n) is 3.99. The SMILES string of the molecule is Cc1csc(C(C)Nc2cc(Br)ccc2C#N)n1. The maximum absolute atomic E-state index is 9.08. The highest BCUT2D eigenvalue weighted by Crippen LogP contribution is 2.26. The molecule has 0 aliphatic rings. The average molecular weight is 322 g/mol. The fourth-order valence-corrected chi connectivity index (χ4v) is 2.76. The van der Waals surface area contributed by atoms with Gasteiger partial charge in [-0.05, 0) is 32.0 Å². The Bertz CT molecular complexity index is 601. The van der Waals surface area contributed by atoms with Crippen LogP contribution in [0.2, 0.25) is 0 Å². The van der Waals surface area contributed by atoms with Crippen molar-refractivity contribution < 1.29 is 0 Å². The zero-order valence-electron chi connectivity index (χ0n) is 10.1. The van der Waals surface area contributed by atoms with E-state index in [2.05, 4.69) is 32.3 Å². The third-order valence-corrected chi connectivity index (χ3v) is 4.12. The zero-order chi connectivity index (χ0) is 13.1. The van der Waals surface area contributed by atoms with Crippen molar-refractivity contribution in [2.45, 2.75) is 19.9 Å². The van der Waals surface area contributed by atoms with Crippen LogP contribution in [0.3, 0.4) is 0 Å². The van der Waals surface area contributed by atoms with Crippen LogP contribution >= 0.6 is 27.3 Å². The van der Waals surface area contributed by atoms with Gasteiger partial charge in [0.1, 0.15) is 11.1 Å². The summed E-state index contributed by atoms with van der Waals surface area (Å²) in [4.78, 5) is 4.45. The summed E-state index contributed by atoms with van der Waals surface area (Å²) < 4.78 is 0.950. The smallest absolute Gasteiger partial charge is 0.115 e. The highest BCUT2D eigenvalue weighted by Gasteiger charge is 2.11. The molecular weight excluding hydrogens is 310 g/mol. The van der Waals surface area contributed by atoms with Crippen LogP contribution in [0.5, 0.6) is 0 Å². The van der Waals surface area contributed by atoms with Crippen LogP contribution in [0.4, 0.5) is 5.69 Å². The highest BCUT2D eigenvalue weighted by atomic mass is 79.9. The summed E-state index contributed by atoms with van der Waals surface area (Å²) in [5, 5.41) is 15.5. The number of rotatable bonds is 3. The minimum Gasteiger partial charge on any atom is -0.375 e. The van der Waals surface area contributed by atoms with E-state index in [-0.39, 0.29) is 6.04 Å². The average Bonchev–Trinajstić information content (AvgIpc) is 2.76. The first-order valence-corrected chi connectivity index (χ1v) is 7.15. The molecule has 2 rings (SSSR count). The molecule has 0 radical (unpaired) electrons. The Kier molecular flexibility index (Phi) is 4.00. The number of thiazole rings is 1. The van der Waals surface area contributed by atoms with Gasteiger partial charge in [-0.2, -0.15) is 5.26 Å². The Morgan fingerprint density at radius 3 is 2.89 bits per heavy atom. The van der Waals surface area contributed by atoms with E-state index in [0.717, 1.165) is 20.9 Å². The summed E-state index contributed by atoms with van der Waals surface area (Å²) in [6, 6.07) is 7.85. The second-order valence-corrected chi connectivity index (χ2v) is 5.80. The van der Waals surface area contributed by atoms with Crippen molar-refractivity contribution in [3.05, 3.63) is 44.3 Å².